The van der Waals surface area contributed by atoms with Crippen molar-refractivity contribution in [3.63, 3.8) is 0 Å². The van der Waals surface area contributed by atoms with Gasteiger partial charge in [0.1, 0.15) is 5.82 Å². The molecule has 3 heteroatoms. The average molecular weight is 249 g/mol. The SMILES string of the molecule is CCCNC(CCCc1cccnc1N)C(C)C. The highest BCUT2D eigenvalue weighted by molar-refractivity contribution is 5.38. The van der Waals surface area contributed by atoms with Crippen LogP contribution in [0.15, 0.2) is 18.3 Å². The molecule has 0 amide bonds. The van der Waals surface area contributed by atoms with Gasteiger partial charge in [-0.05, 0) is 49.8 Å². The maximum Gasteiger partial charge on any atom is 0.126 e. The summed E-state index contributed by atoms with van der Waals surface area (Å²) in [4.78, 5) is 4.12. The third-order valence-corrected chi connectivity index (χ3v) is 3.35. The minimum absolute atomic E-state index is 0.614. The zero-order chi connectivity index (χ0) is 13.4. The van der Waals surface area contributed by atoms with Crippen LogP contribution in [0.25, 0.3) is 0 Å². The summed E-state index contributed by atoms with van der Waals surface area (Å²) in [7, 11) is 0. The molecule has 0 radical (unpaired) electrons. The van der Waals surface area contributed by atoms with Crippen LogP contribution < -0.4 is 11.1 Å². The Balaban J connectivity index is 2.36. The predicted octanol–water partition coefficient (Wildman–Crippen LogP) is 3.01. The lowest BCUT2D eigenvalue weighted by atomic mass is 9.97. The standard InChI is InChI=1S/C15H27N3/c1-4-10-17-14(12(2)3)9-5-7-13-8-6-11-18-15(13)16/h6,8,11-12,14,17H,4-5,7,9-10H2,1-3H3,(H2,16,18). The molecule has 0 aliphatic heterocycles. The van der Waals surface area contributed by atoms with Gasteiger partial charge in [-0.2, -0.15) is 0 Å². The van der Waals surface area contributed by atoms with Gasteiger partial charge in [-0.25, -0.2) is 4.98 Å². The van der Waals surface area contributed by atoms with Gasteiger partial charge in [-0.1, -0.05) is 26.8 Å². The minimum atomic E-state index is 0.614. The number of nitrogen functional groups attached to an aromatic ring is 1. The normalized spacial score (nSPS) is 12.9. The molecule has 1 atom stereocenters. The van der Waals surface area contributed by atoms with Crippen molar-refractivity contribution in [3.8, 4) is 0 Å². The van der Waals surface area contributed by atoms with E-state index in [2.05, 4.69) is 37.1 Å². The van der Waals surface area contributed by atoms with Gasteiger partial charge in [0.2, 0.25) is 0 Å². The van der Waals surface area contributed by atoms with Gasteiger partial charge in [0.25, 0.3) is 0 Å². The van der Waals surface area contributed by atoms with Crippen molar-refractivity contribution < 1.29 is 0 Å². The first-order valence-corrected chi connectivity index (χ1v) is 7.07. The fourth-order valence-corrected chi connectivity index (χ4v) is 2.18. The molecule has 0 fully saturated rings. The highest BCUT2D eigenvalue weighted by Gasteiger charge is 2.12. The molecule has 3 nitrogen and oxygen atoms in total. The zero-order valence-corrected chi connectivity index (χ0v) is 11.9. The molecule has 18 heavy (non-hydrogen) atoms. The number of hydrogen-bond donors (Lipinski definition) is 2. The first-order valence-electron chi connectivity index (χ1n) is 7.07. The molecule has 0 aliphatic rings. The number of rotatable bonds is 8. The van der Waals surface area contributed by atoms with Crippen molar-refractivity contribution in [1.82, 2.24) is 10.3 Å². The molecule has 0 saturated heterocycles. The van der Waals surface area contributed by atoms with E-state index in [-0.39, 0.29) is 0 Å². The summed E-state index contributed by atoms with van der Waals surface area (Å²) in [6.45, 7) is 7.89. The third-order valence-electron chi connectivity index (χ3n) is 3.35. The first-order chi connectivity index (χ1) is 8.65. The van der Waals surface area contributed by atoms with Crippen LogP contribution in [0.2, 0.25) is 0 Å². The maximum atomic E-state index is 5.85. The van der Waals surface area contributed by atoms with Crippen LogP contribution in [0.3, 0.4) is 0 Å². The molecule has 1 unspecified atom stereocenters. The molecule has 1 aromatic rings. The number of nitrogens with two attached hydrogens (primary N) is 1. The number of pyridine rings is 1. The van der Waals surface area contributed by atoms with Gasteiger partial charge in [0, 0.05) is 12.2 Å². The van der Waals surface area contributed by atoms with Crippen LogP contribution >= 0.6 is 0 Å². The number of aromatic nitrogens is 1. The molecular weight excluding hydrogens is 222 g/mol. The van der Waals surface area contributed by atoms with E-state index in [4.69, 9.17) is 5.73 Å². The fraction of sp³-hybridized carbons (Fsp3) is 0.667. The second-order valence-corrected chi connectivity index (χ2v) is 5.24. The zero-order valence-electron chi connectivity index (χ0n) is 11.9. The van der Waals surface area contributed by atoms with E-state index in [1.807, 2.05) is 6.07 Å². The van der Waals surface area contributed by atoms with E-state index < -0.39 is 0 Å². The highest BCUT2D eigenvalue weighted by Crippen LogP contribution is 2.14. The van der Waals surface area contributed by atoms with Crippen molar-refractivity contribution in [1.29, 1.82) is 0 Å². The minimum Gasteiger partial charge on any atom is -0.383 e. The molecule has 102 valence electrons. The number of hydrogen-bond acceptors (Lipinski definition) is 3. The second-order valence-electron chi connectivity index (χ2n) is 5.24. The van der Waals surface area contributed by atoms with Crippen LogP contribution in [0.4, 0.5) is 5.82 Å². The molecule has 3 N–H and O–H groups in total. The van der Waals surface area contributed by atoms with Gasteiger partial charge in [-0.3, -0.25) is 0 Å². The van der Waals surface area contributed by atoms with Crippen molar-refractivity contribution in [2.45, 2.75) is 52.5 Å². The van der Waals surface area contributed by atoms with E-state index >= 15 is 0 Å². The van der Waals surface area contributed by atoms with E-state index in [0.717, 1.165) is 19.4 Å². The van der Waals surface area contributed by atoms with Crippen molar-refractivity contribution in [3.05, 3.63) is 23.9 Å². The quantitative estimate of drug-likeness (QED) is 0.744. The molecule has 1 aromatic heterocycles. The van der Waals surface area contributed by atoms with Crippen molar-refractivity contribution >= 4 is 5.82 Å². The summed E-state index contributed by atoms with van der Waals surface area (Å²) in [6.07, 6.45) is 6.33. The van der Waals surface area contributed by atoms with E-state index in [9.17, 15) is 0 Å². The largest absolute Gasteiger partial charge is 0.383 e. The Morgan fingerprint density at radius 3 is 2.78 bits per heavy atom. The maximum absolute atomic E-state index is 5.85. The van der Waals surface area contributed by atoms with Crippen LogP contribution in [-0.2, 0) is 6.42 Å². The predicted molar refractivity (Wildman–Crippen MR) is 78.5 cm³/mol. The molecular formula is C15H27N3. The van der Waals surface area contributed by atoms with Crippen LogP contribution in [0, 0.1) is 5.92 Å². The van der Waals surface area contributed by atoms with Gasteiger partial charge >= 0.3 is 0 Å². The molecule has 1 rings (SSSR count). The fourth-order valence-electron chi connectivity index (χ4n) is 2.18. The second kappa shape index (κ2) is 8.09. The van der Waals surface area contributed by atoms with E-state index in [1.54, 1.807) is 6.20 Å². The average Bonchev–Trinajstić information content (AvgIpc) is 2.35. The lowest BCUT2D eigenvalue weighted by molar-refractivity contribution is 0.370. The molecule has 0 spiro atoms. The Morgan fingerprint density at radius 1 is 1.39 bits per heavy atom. The smallest absolute Gasteiger partial charge is 0.126 e. The molecule has 1 heterocycles. The monoisotopic (exact) mass is 249 g/mol. The summed E-state index contributed by atoms with van der Waals surface area (Å²) >= 11 is 0. The van der Waals surface area contributed by atoms with Crippen LogP contribution in [-0.4, -0.2) is 17.6 Å². The van der Waals surface area contributed by atoms with E-state index in [0.29, 0.717) is 17.8 Å². The molecule has 0 aliphatic carbocycles. The lowest BCUT2D eigenvalue weighted by Gasteiger charge is -2.22. The van der Waals surface area contributed by atoms with Crippen molar-refractivity contribution in [2.75, 3.05) is 12.3 Å². The van der Waals surface area contributed by atoms with Crippen molar-refractivity contribution in [2.24, 2.45) is 5.92 Å². The van der Waals surface area contributed by atoms with Gasteiger partial charge < -0.3 is 11.1 Å². The Hall–Kier alpha value is -1.09. The molecule has 0 saturated carbocycles. The van der Waals surface area contributed by atoms with Gasteiger partial charge in [0.05, 0.1) is 0 Å². The summed E-state index contributed by atoms with van der Waals surface area (Å²) < 4.78 is 0. The Morgan fingerprint density at radius 2 is 2.17 bits per heavy atom. The number of nitrogens with one attached hydrogen (secondary N) is 1. The Kier molecular flexibility index (Phi) is 6.73. The summed E-state index contributed by atoms with van der Waals surface area (Å²) in [5.41, 5.74) is 7.03. The number of nitrogens with zero attached hydrogens (tertiary/aromatic N) is 1. The Bertz CT molecular complexity index is 336. The third kappa shape index (κ3) is 5.05. The highest BCUT2D eigenvalue weighted by atomic mass is 14.9. The Labute approximate surface area is 111 Å². The van der Waals surface area contributed by atoms with E-state index in [1.165, 1.54) is 18.4 Å². The summed E-state index contributed by atoms with van der Waals surface area (Å²) in [6, 6.07) is 4.65. The first kappa shape index (κ1) is 15.0. The molecule has 0 aromatic carbocycles. The summed E-state index contributed by atoms with van der Waals surface area (Å²) in [5.74, 6) is 1.36. The summed E-state index contributed by atoms with van der Waals surface area (Å²) in [5, 5.41) is 3.62. The van der Waals surface area contributed by atoms with Gasteiger partial charge in [0.15, 0.2) is 0 Å². The van der Waals surface area contributed by atoms with Crippen LogP contribution in [0.5, 0.6) is 0 Å². The molecule has 0 bridgehead atoms. The lowest BCUT2D eigenvalue weighted by Crippen LogP contribution is -2.34. The number of aryl methyl sites for hydroxylation is 1. The van der Waals surface area contributed by atoms with Gasteiger partial charge in [-0.15, -0.1) is 0 Å². The topological polar surface area (TPSA) is 50.9 Å². The number of anilines is 1. The van der Waals surface area contributed by atoms with Crippen LogP contribution in [0.1, 0.15) is 45.6 Å².